The van der Waals surface area contributed by atoms with Crippen LogP contribution in [0.4, 0.5) is 4.79 Å². The Labute approximate surface area is 142 Å². The lowest BCUT2D eigenvalue weighted by Crippen LogP contribution is -2.43. The number of aryl methyl sites for hydroxylation is 1. The van der Waals surface area contributed by atoms with Crippen molar-refractivity contribution < 1.29 is 9.53 Å². The number of carbonyl (C=O) groups excluding carboxylic acids is 1. The summed E-state index contributed by atoms with van der Waals surface area (Å²) in [6, 6.07) is 13.9. The molecule has 2 atom stereocenters. The van der Waals surface area contributed by atoms with Crippen LogP contribution in [0.15, 0.2) is 48.7 Å². The van der Waals surface area contributed by atoms with E-state index in [-0.39, 0.29) is 18.2 Å². The number of nitrogens with zero attached hydrogens (tertiary/aromatic N) is 1. The van der Waals surface area contributed by atoms with Crippen molar-refractivity contribution in [3.63, 3.8) is 0 Å². The third-order valence-electron chi connectivity index (χ3n) is 4.21. The van der Waals surface area contributed by atoms with Crippen LogP contribution in [-0.2, 0) is 11.2 Å². The van der Waals surface area contributed by atoms with Crippen molar-refractivity contribution in [2.45, 2.75) is 31.9 Å². The van der Waals surface area contributed by atoms with Gasteiger partial charge in [0.1, 0.15) is 6.10 Å². The van der Waals surface area contributed by atoms with Crippen LogP contribution >= 0.6 is 0 Å². The Morgan fingerprint density at radius 1 is 1.25 bits per heavy atom. The molecular weight excluding hydrogens is 302 g/mol. The molecule has 1 aliphatic heterocycles. The normalized spacial score (nSPS) is 19.9. The highest BCUT2D eigenvalue weighted by Crippen LogP contribution is 2.28. The Kier molecular flexibility index (Phi) is 5.43. The van der Waals surface area contributed by atoms with Gasteiger partial charge < -0.3 is 15.4 Å². The number of urea groups is 1. The van der Waals surface area contributed by atoms with Gasteiger partial charge in [-0.15, -0.1) is 0 Å². The molecule has 0 spiro atoms. The Morgan fingerprint density at radius 3 is 2.83 bits per heavy atom. The summed E-state index contributed by atoms with van der Waals surface area (Å²) >= 11 is 0. The lowest BCUT2D eigenvalue weighted by molar-refractivity contribution is 0.0999. The molecule has 24 heavy (non-hydrogen) atoms. The number of amides is 2. The number of ether oxygens (including phenoxy) is 1. The van der Waals surface area contributed by atoms with Crippen molar-refractivity contribution >= 4 is 6.03 Å². The summed E-state index contributed by atoms with van der Waals surface area (Å²) < 4.78 is 5.79. The predicted octanol–water partition coefficient (Wildman–Crippen LogP) is 2.76. The predicted molar refractivity (Wildman–Crippen MR) is 92.8 cm³/mol. The highest BCUT2D eigenvalue weighted by molar-refractivity contribution is 5.74. The zero-order chi connectivity index (χ0) is 16.8. The van der Waals surface area contributed by atoms with E-state index in [0.29, 0.717) is 13.2 Å². The van der Waals surface area contributed by atoms with Gasteiger partial charge in [0.05, 0.1) is 6.04 Å². The Hall–Kier alpha value is -2.40. The van der Waals surface area contributed by atoms with E-state index in [0.717, 1.165) is 29.7 Å². The largest absolute Gasteiger partial charge is 0.371 e. The molecular formula is C19H23N3O2. The summed E-state index contributed by atoms with van der Waals surface area (Å²) in [5.74, 6) is 0. The second-order valence-corrected chi connectivity index (χ2v) is 6.06. The monoisotopic (exact) mass is 325 g/mol. The molecule has 2 N–H and O–H groups in total. The molecule has 2 unspecified atom stereocenters. The molecule has 1 aromatic heterocycles. The summed E-state index contributed by atoms with van der Waals surface area (Å²) in [7, 11) is 0. The van der Waals surface area contributed by atoms with E-state index in [1.807, 2.05) is 55.6 Å². The van der Waals surface area contributed by atoms with Gasteiger partial charge in [0.2, 0.25) is 0 Å². The van der Waals surface area contributed by atoms with Crippen LogP contribution in [0.1, 0.15) is 29.3 Å². The van der Waals surface area contributed by atoms with E-state index in [1.165, 1.54) is 0 Å². The van der Waals surface area contributed by atoms with Gasteiger partial charge in [-0.2, -0.15) is 0 Å². The smallest absolute Gasteiger partial charge is 0.315 e. The summed E-state index contributed by atoms with van der Waals surface area (Å²) in [5.41, 5.74) is 3.22. The quantitative estimate of drug-likeness (QED) is 0.888. The van der Waals surface area contributed by atoms with Crippen LogP contribution in [0.25, 0.3) is 0 Å². The number of pyridine rings is 1. The summed E-state index contributed by atoms with van der Waals surface area (Å²) in [5, 5.41) is 5.94. The highest BCUT2D eigenvalue weighted by Gasteiger charge is 2.30. The SMILES string of the molecule is Cc1ccc(CCNC(=O)NC2CCOC2c2ccccc2)cn1. The first kappa shape index (κ1) is 16.5. The molecule has 2 heterocycles. The standard InChI is InChI=1S/C19H23N3O2/c1-14-7-8-15(13-21-14)9-11-20-19(23)22-17-10-12-24-18(17)16-5-3-2-4-6-16/h2-8,13,17-18H,9-12H2,1H3,(H2,20,22,23). The van der Waals surface area contributed by atoms with Crippen LogP contribution in [0.3, 0.4) is 0 Å². The molecule has 1 aromatic carbocycles. The number of rotatable bonds is 5. The number of nitrogens with one attached hydrogen (secondary N) is 2. The van der Waals surface area contributed by atoms with E-state index in [1.54, 1.807) is 0 Å². The maximum absolute atomic E-state index is 12.1. The van der Waals surface area contributed by atoms with Gasteiger partial charge in [-0.1, -0.05) is 36.4 Å². The molecule has 1 fully saturated rings. The van der Waals surface area contributed by atoms with E-state index >= 15 is 0 Å². The number of aromatic nitrogens is 1. The topological polar surface area (TPSA) is 63.2 Å². The van der Waals surface area contributed by atoms with Crippen LogP contribution in [0.5, 0.6) is 0 Å². The minimum atomic E-state index is -0.147. The third-order valence-corrected chi connectivity index (χ3v) is 4.21. The molecule has 0 bridgehead atoms. The van der Waals surface area contributed by atoms with E-state index < -0.39 is 0 Å². The van der Waals surface area contributed by atoms with Gasteiger partial charge in [0.25, 0.3) is 0 Å². The summed E-state index contributed by atoms with van der Waals surface area (Å²) in [6.07, 6.45) is 3.38. The Morgan fingerprint density at radius 2 is 2.08 bits per heavy atom. The summed E-state index contributed by atoms with van der Waals surface area (Å²) in [4.78, 5) is 16.4. The summed E-state index contributed by atoms with van der Waals surface area (Å²) in [6.45, 7) is 3.21. The first-order chi connectivity index (χ1) is 11.7. The van der Waals surface area contributed by atoms with Crippen molar-refractivity contribution in [3.8, 4) is 0 Å². The van der Waals surface area contributed by atoms with Crippen LogP contribution in [-0.4, -0.2) is 30.2 Å². The van der Waals surface area contributed by atoms with Crippen molar-refractivity contribution in [2.24, 2.45) is 0 Å². The minimum absolute atomic E-state index is 0.00782. The molecule has 1 saturated heterocycles. The van der Waals surface area contributed by atoms with Gasteiger partial charge >= 0.3 is 6.03 Å². The zero-order valence-corrected chi connectivity index (χ0v) is 13.9. The van der Waals surface area contributed by atoms with Crippen LogP contribution in [0.2, 0.25) is 0 Å². The van der Waals surface area contributed by atoms with E-state index in [9.17, 15) is 4.79 Å². The third kappa shape index (κ3) is 4.32. The molecule has 0 aliphatic carbocycles. The molecule has 0 saturated carbocycles. The molecule has 0 radical (unpaired) electrons. The molecule has 2 aromatic rings. The molecule has 2 amide bonds. The van der Waals surface area contributed by atoms with Crippen LogP contribution < -0.4 is 10.6 Å². The van der Waals surface area contributed by atoms with Gasteiger partial charge in [0.15, 0.2) is 0 Å². The number of hydrogen-bond acceptors (Lipinski definition) is 3. The van der Waals surface area contributed by atoms with Gasteiger partial charge in [-0.3, -0.25) is 4.98 Å². The van der Waals surface area contributed by atoms with Crippen molar-refractivity contribution in [1.82, 2.24) is 15.6 Å². The number of carbonyl (C=O) groups is 1. The highest BCUT2D eigenvalue weighted by atomic mass is 16.5. The number of benzene rings is 1. The molecule has 1 aliphatic rings. The first-order valence-corrected chi connectivity index (χ1v) is 8.35. The average molecular weight is 325 g/mol. The van der Waals surface area contributed by atoms with Gasteiger partial charge in [-0.25, -0.2) is 4.79 Å². The second kappa shape index (κ2) is 7.93. The fourth-order valence-corrected chi connectivity index (χ4v) is 2.89. The molecule has 126 valence electrons. The van der Waals surface area contributed by atoms with Gasteiger partial charge in [-0.05, 0) is 37.0 Å². The fraction of sp³-hybridized carbons (Fsp3) is 0.368. The zero-order valence-electron chi connectivity index (χ0n) is 13.9. The lowest BCUT2D eigenvalue weighted by atomic mass is 10.0. The van der Waals surface area contributed by atoms with E-state index in [2.05, 4.69) is 15.6 Å². The Bertz CT molecular complexity index is 658. The number of hydrogen-bond donors (Lipinski definition) is 2. The molecule has 5 heteroatoms. The maximum atomic E-state index is 12.1. The van der Waals surface area contributed by atoms with Crippen molar-refractivity contribution in [1.29, 1.82) is 0 Å². The minimum Gasteiger partial charge on any atom is -0.371 e. The lowest BCUT2D eigenvalue weighted by Gasteiger charge is -2.20. The van der Waals surface area contributed by atoms with Crippen molar-refractivity contribution in [2.75, 3.05) is 13.2 Å². The Balaban J connectivity index is 1.46. The molecule has 5 nitrogen and oxygen atoms in total. The van der Waals surface area contributed by atoms with Crippen molar-refractivity contribution in [3.05, 3.63) is 65.5 Å². The fourth-order valence-electron chi connectivity index (χ4n) is 2.89. The van der Waals surface area contributed by atoms with E-state index in [4.69, 9.17) is 4.74 Å². The van der Waals surface area contributed by atoms with Crippen LogP contribution in [0, 0.1) is 6.92 Å². The second-order valence-electron chi connectivity index (χ2n) is 6.06. The maximum Gasteiger partial charge on any atom is 0.315 e. The molecule has 3 rings (SSSR count). The van der Waals surface area contributed by atoms with Gasteiger partial charge in [0, 0.05) is 25.0 Å². The first-order valence-electron chi connectivity index (χ1n) is 8.35. The average Bonchev–Trinajstić information content (AvgIpc) is 3.05.